The highest BCUT2D eigenvalue weighted by atomic mass is 16.5. The van der Waals surface area contributed by atoms with Crippen molar-refractivity contribution >= 4 is 23.7 Å². The van der Waals surface area contributed by atoms with Gasteiger partial charge in [0.1, 0.15) is 11.5 Å². The SMILES string of the molecule is CC(C)c1ccc(Nc2nc(N3CCOC(C4CC4)C3)nc(C=O)c2CN(C)C(C)C)cc1. The summed E-state index contributed by atoms with van der Waals surface area (Å²) < 4.78 is 5.98. The van der Waals surface area contributed by atoms with E-state index in [2.05, 4.69) is 74.1 Å². The molecular formula is C26H37N5O2. The van der Waals surface area contributed by atoms with Crippen LogP contribution in [0, 0.1) is 5.92 Å². The van der Waals surface area contributed by atoms with Crippen molar-refractivity contribution in [2.45, 2.75) is 65.1 Å². The van der Waals surface area contributed by atoms with Crippen LogP contribution in [-0.2, 0) is 11.3 Å². The van der Waals surface area contributed by atoms with Crippen LogP contribution in [0.4, 0.5) is 17.5 Å². The van der Waals surface area contributed by atoms with Gasteiger partial charge in [0.2, 0.25) is 5.95 Å². The molecule has 2 aromatic rings. The Morgan fingerprint density at radius 1 is 1.18 bits per heavy atom. The fourth-order valence-electron chi connectivity index (χ4n) is 4.12. The molecule has 1 aliphatic carbocycles. The molecule has 1 aromatic heterocycles. The zero-order valence-corrected chi connectivity index (χ0v) is 20.5. The van der Waals surface area contributed by atoms with Crippen molar-refractivity contribution in [2.75, 3.05) is 37.0 Å². The predicted octanol–water partition coefficient (Wildman–Crippen LogP) is 4.61. The lowest BCUT2D eigenvalue weighted by Gasteiger charge is -2.33. The number of ether oxygens (including phenoxy) is 1. The largest absolute Gasteiger partial charge is 0.374 e. The maximum absolute atomic E-state index is 12.1. The fraction of sp³-hybridized carbons (Fsp3) is 0.577. The second kappa shape index (κ2) is 10.2. The third-order valence-electron chi connectivity index (χ3n) is 6.79. The lowest BCUT2D eigenvalue weighted by Crippen LogP contribution is -2.44. The number of hydrogen-bond acceptors (Lipinski definition) is 7. The van der Waals surface area contributed by atoms with Gasteiger partial charge in [-0.2, -0.15) is 4.98 Å². The number of hydrogen-bond donors (Lipinski definition) is 1. The van der Waals surface area contributed by atoms with Gasteiger partial charge in [0, 0.05) is 36.9 Å². The minimum Gasteiger partial charge on any atom is -0.374 e. The number of rotatable bonds is 9. The second-order valence-corrected chi connectivity index (χ2v) is 9.96. The summed E-state index contributed by atoms with van der Waals surface area (Å²) in [7, 11) is 2.05. The molecule has 1 aromatic carbocycles. The molecule has 7 heteroatoms. The molecule has 4 rings (SSSR count). The molecule has 7 nitrogen and oxygen atoms in total. The topological polar surface area (TPSA) is 70.6 Å². The van der Waals surface area contributed by atoms with Crippen LogP contribution in [0.15, 0.2) is 24.3 Å². The summed E-state index contributed by atoms with van der Waals surface area (Å²) in [6.07, 6.45) is 3.56. The van der Waals surface area contributed by atoms with Crippen molar-refractivity contribution in [2.24, 2.45) is 5.92 Å². The van der Waals surface area contributed by atoms with Crippen LogP contribution in [0.3, 0.4) is 0 Å². The van der Waals surface area contributed by atoms with Crippen LogP contribution in [0.5, 0.6) is 0 Å². The van der Waals surface area contributed by atoms with E-state index in [1.54, 1.807) is 0 Å². The summed E-state index contributed by atoms with van der Waals surface area (Å²) >= 11 is 0. The second-order valence-electron chi connectivity index (χ2n) is 9.96. The molecule has 1 aliphatic heterocycles. The monoisotopic (exact) mass is 451 g/mol. The highest BCUT2D eigenvalue weighted by Gasteiger charge is 2.36. The van der Waals surface area contributed by atoms with Crippen molar-refractivity contribution in [3.8, 4) is 0 Å². The van der Waals surface area contributed by atoms with Gasteiger partial charge in [-0.15, -0.1) is 0 Å². The molecule has 1 atom stereocenters. The fourth-order valence-corrected chi connectivity index (χ4v) is 4.12. The summed E-state index contributed by atoms with van der Waals surface area (Å²) in [5.41, 5.74) is 3.51. The number of aldehydes is 1. The zero-order valence-electron chi connectivity index (χ0n) is 20.5. The van der Waals surface area contributed by atoms with Crippen LogP contribution in [0.25, 0.3) is 0 Å². The molecule has 1 saturated carbocycles. The van der Waals surface area contributed by atoms with Crippen molar-refractivity contribution in [3.05, 3.63) is 41.1 Å². The first-order valence-corrected chi connectivity index (χ1v) is 12.2. The average Bonchev–Trinajstić information content (AvgIpc) is 3.66. The molecule has 1 N–H and O–H groups in total. The maximum Gasteiger partial charge on any atom is 0.228 e. The van der Waals surface area contributed by atoms with E-state index in [0.29, 0.717) is 48.5 Å². The number of nitrogens with one attached hydrogen (secondary N) is 1. The molecule has 1 unspecified atom stereocenters. The Kier molecular flexibility index (Phi) is 7.29. The van der Waals surface area contributed by atoms with Gasteiger partial charge in [-0.1, -0.05) is 26.0 Å². The molecular weight excluding hydrogens is 414 g/mol. The van der Waals surface area contributed by atoms with Crippen LogP contribution in [0.2, 0.25) is 0 Å². The molecule has 33 heavy (non-hydrogen) atoms. The van der Waals surface area contributed by atoms with Crippen molar-refractivity contribution in [3.63, 3.8) is 0 Å². The Labute approximate surface area is 197 Å². The van der Waals surface area contributed by atoms with Gasteiger partial charge in [-0.25, -0.2) is 4.98 Å². The van der Waals surface area contributed by atoms with Gasteiger partial charge in [-0.3, -0.25) is 9.69 Å². The normalized spacial score (nSPS) is 18.9. The Morgan fingerprint density at radius 2 is 1.91 bits per heavy atom. The van der Waals surface area contributed by atoms with E-state index in [9.17, 15) is 4.79 Å². The van der Waals surface area contributed by atoms with Crippen LogP contribution in [-0.4, -0.2) is 60.0 Å². The number of morpholine rings is 1. The molecule has 0 spiro atoms. The first-order chi connectivity index (χ1) is 15.9. The number of nitrogens with zero attached hydrogens (tertiary/aromatic N) is 4. The molecule has 2 aliphatic rings. The number of carbonyl (C=O) groups is 1. The Morgan fingerprint density at radius 3 is 2.52 bits per heavy atom. The number of benzene rings is 1. The van der Waals surface area contributed by atoms with Gasteiger partial charge in [0.15, 0.2) is 6.29 Å². The van der Waals surface area contributed by atoms with E-state index >= 15 is 0 Å². The standard InChI is InChI=1S/C26H37N5O2/c1-17(2)19-8-10-21(11-9-19)27-25-22(14-30(5)18(3)4)23(16-32)28-26(29-25)31-12-13-33-24(15-31)20-6-7-20/h8-11,16-18,20,24H,6-7,12-15H2,1-5H3,(H,27,28,29). The third-order valence-corrected chi connectivity index (χ3v) is 6.79. The van der Waals surface area contributed by atoms with Gasteiger partial charge >= 0.3 is 0 Å². The van der Waals surface area contributed by atoms with Crippen molar-refractivity contribution in [1.82, 2.24) is 14.9 Å². The highest BCUT2D eigenvalue weighted by molar-refractivity contribution is 5.79. The van der Waals surface area contributed by atoms with Crippen LogP contribution < -0.4 is 10.2 Å². The molecule has 0 amide bonds. The zero-order chi connectivity index (χ0) is 23.5. The predicted molar refractivity (Wildman–Crippen MR) is 133 cm³/mol. The summed E-state index contributed by atoms with van der Waals surface area (Å²) in [4.78, 5) is 26.2. The maximum atomic E-state index is 12.1. The first kappa shape index (κ1) is 23.6. The molecule has 0 radical (unpaired) electrons. The number of anilines is 3. The molecule has 1 saturated heterocycles. The van der Waals surface area contributed by atoms with Gasteiger partial charge in [0.05, 0.1) is 12.7 Å². The minimum atomic E-state index is 0.230. The van der Waals surface area contributed by atoms with E-state index in [0.717, 1.165) is 30.6 Å². The molecule has 2 heterocycles. The molecule has 2 fully saturated rings. The summed E-state index contributed by atoms with van der Waals surface area (Å²) in [5.74, 6) is 2.42. The van der Waals surface area contributed by atoms with Crippen LogP contribution >= 0.6 is 0 Å². The van der Waals surface area contributed by atoms with Gasteiger partial charge in [0.25, 0.3) is 0 Å². The Bertz CT molecular complexity index is 956. The van der Waals surface area contributed by atoms with E-state index in [-0.39, 0.29) is 6.10 Å². The lowest BCUT2D eigenvalue weighted by atomic mass is 10.0. The lowest BCUT2D eigenvalue weighted by molar-refractivity contribution is 0.0258. The quantitative estimate of drug-likeness (QED) is 0.558. The van der Waals surface area contributed by atoms with Crippen LogP contribution in [0.1, 0.15) is 68.1 Å². The smallest absolute Gasteiger partial charge is 0.228 e. The Balaban J connectivity index is 1.68. The van der Waals surface area contributed by atoms with Gasteiger partial charge in [-0.05, 0) is 63.3 Å². The van der Waals surface area contributed by atoms with E-state index in [1.165, 1.54) is 18.4 Å². The van der Waals surface area contributed by atoms with Gasteiger partial charge < -0.3 is 15.0 Å². The third kappa shape index (κ3) is 5.71. The molecule has 178 valence electrons. The number of carbonyl (C=O) groups excluding carboxylic acids is 1. The minimum absolute atomic E-state index is 0.230. The van der Waals surface area contributed by atoms with E-state index in [4.69, 9.17) is 14.7 Å². The van der Waals surface area contributed by atoms with Crippen molar-refractivity contribution < 1.29 is 9.53 Å². The van der Waals surface area contributed by atoms with E-state index in [1.807, 2.05) is 0 Å². The summed E-state index contributed by atoms with van der Waals surface area (Å²) in [6.45, 7) is 11.4. The van der Waals surface area contributed by atoms with E-state index < -0.39 is 0 Å². The Hall–Kier alpha value is -2.51. The summed E-state index contributed by atoms with van der Waals surface area (Å²) in [5, 5.41) is 3.49. The first-order valence-electron chi connectivity index (χ1n) is 12.2. The van der Waals surface area contributed by atoms with Crippen molar-refractivity contribution in [1.29, 1.82) is 0 Å². The molecule has 0 bridgehead atoms. The highest BCUT2D eigenvalue weighted by Crippen LogP contribution is 2.36. The number of aromatic nitrogens is 2. The summed E-state index contributed by atoms with van der Waals surface area (Å²) in [6, 6.07) is 8.76. The average molecular weight is 452 g/mol.